The zero-order chi connectivity index (χ0) is 5.61. The third kappa shape index (κ3) is 0.519. The maximum Gasteiger partial charge on any atom is -0.0297 e. The predicted octanol–water partition coefficient (Wildman–Crippen LogP) is 2.59. The SMILES string of the molecule is CC1(C2CCC2)CC1. The summed E-state index contributed by atoms with van der Waals surface area (Å²) in [7, 11) is 0. The highest BCUT2D eigenvalue weighted by Crippen LogP contribution is 2.57. The highest BCUT2D eigenvalue weighted by atomic mass is 14.5. The molecule has 2 aliphatic rings. The normalized spacial score (nSPS) is 34.1. The Bertz CT molecular complexity index is 96.6. The summed E-state index contributed by atoms with van der Waals surface area (Å²) in [4.78, 5) is 0. The average Bonchev–Trinajstić information content (AvgIpc) is 2.12. The van der Waals surface area contributed by atoms with Gasteiger partial charge in [-0.1, -0.05) is 13.3 Å². The van der Waals surface area contributed by atoms with Crippen LogP contribution in [-0.4, -0.2) is 0 Å². The van der Waals surface area contributed by atoms with Gasteiger partial charge in [0, 0.05) is 0 Å². The van der Waals surface area contributed by atoms with Crippen LogP contribution in [0.25, 0.3) is 0 Å². The van der Waals surface area contributed by atoms with Crippen LogP contribution in [0.3, 0.4) is 0 Å². The van der Waals surface area contributed by atoms with Crippen LogP contribution in [0, 0.1) is 11.3 Å². The van der Waals surface area contributed by atoms with Crippen molar-refractivity contribution in [2.45, 2.75) is 39.0 Å². The number of hydrogen-bond donors (Lipinski definition) is 0. The molecular formula is C8H14. The molecule has 46 valence electrons. The Hall–Kier alpha value is 0. The zero-order valence-electron chi connectivity index (χ0n) is 5.61. The Morgan fingerprint density at radius 2 is 1.88 bits per heavy atom. The van der Waals surface area contributed by atoms with Gasteiger partial charge >= 0.3 is 0 Å². The van der Waals surface area contributed by atoms with Crippen molar-refractivity contribution in [3.8, 4) is 0 Å². The first kappa shape index (κ1) is 4.84. The molecule has 2 aliphatic carbocycles. The molecule has 0 heteroatoms. The van der Waals surface area contributed by atoms with Crippen molar-refractivity contribution in [2.75, 3.05) is 0 Å². The summed E-state index contributed by atoms with van der Waals surface area (Å²) < 4.78 is 0. The predicted molar refractivity (Wildman–Crippen MR) is 34.7 cm³/mol. The van der Waals surface area contributed by atoms with E-state index in [1.807, 2.05) is 0 Å². The summed E-state index contributed by atoms with van der Waals surface area (Å²) in [5.74, 6) is 1.14. The second-order valence-corrected chi connectivity index (χ2v) is 3.78. The molecule has 0 N–H and O–H groups in total. The van der Waals surface area contributed by atoms with E-state index in [2.05, 4.69) is 6.92 Å². The maximum atomic E-state index is 2.46. The average molecular weight is 110 g/mol. The van der Waals surface area contributed by atoms with E-state index in [0.717, 1.165) is 11.3 Å². The molecule has 0 spiro atoms. The van der Waals surface area contributed by atoms with Crippen molar-refractivity contribution in [3.05, 3.63) is 0 Å². The third-order valence-corrected chi connectivity index (χ3v) is 3.13. The zero-order valence-corrected chi connectivity index (χ0v) is 5.61. The highest BCUT2D eigenvalue weighted by Gasteiger charge is 2.46. The van der Waals surface area contributed by atoms with Crippen molar-refractivity contribution < 1.29 is 0 Å². The van der Waals surface area contributed by atoms with Gasteiger partial charge in [-0.2, -0.15) is 0 Å². The minimum Gasteiger partial charge on any atom is -0.0594 e. The van der Waals surface area contributed by atoms with Crippen LogP contribution in [0.5, 0.6) is 0 Å². The van der Waals surface area contributed by atoms with Gasteiger partial charge in [0.15, 0.2) is 0 Å². The second-order valence-electron chi connectivity index (χ2n) is 3.78. The first-order valence-corrected chi connectivity index (χ1v) is 3.81. The Morgan fingerprint density at radius 1 is 1.25 bits per heavy atom. The molecule has 8 heavy (non-hydrogen) atoms. The van der Waals surface area contributed by atoms with E-state index in [-0.39, 0.29) is 0 Å². The minimum atomic E-state index is 0.845. The maximum absolute atomic E-state index is 2.46. The summed E-state index contributed by atoms with van der Waals surface area (Å²) in [5, 5.41) is 0. The molecule has 0 aromatic heterocycles. The molecule has 0 atom stereocenters. The van der Waals surface area contributed by atoms with Crippen molar-refractivity contribution in [2.24, 2.45) is 11.3 Å². The van der Waals surface area contributed by atoms with Crippen molar-refractivity contribution in [1.29, 1.82) is 0 Å². The lowest BCUT2D eigenvalue weighted by Crippen LogP contribution is -2.20. The highest BCUT2D eigenvalue weighted by molar-refractivity contribution is 4.97. The molecule has 0 amide bonds. The van der Waals surface area contributed by atoms with Crippen molar-refractivity contribution in [3.63, 3.8) is 0 Å². The van der Waals surface area contributed by atoms with E-state index in [1.54, 1.807) is 0 Å². The fraction of sp³-hybridized carbons (Fsp3) is 1.00. The number of hydrogen-bond acceptors (Lipinski definition) is 0. The lowest BCUT2D eigenvalue weighted by molar-refractivity contribution is 0.202. The van der Waals surface area contributed by atoms with Crippen LogP contribution in [-0.2, 0) is 0 Å². The first-order chi connectivity index (χ1) is 3.81. The van der Waals surface area contributed by atoms with E-state index in [9.17, 15) is 0 Å². The molecule has 0 nitrogen and oxygen atoms in total. The smallest absolute Gasteiger partial charge is 0.0297 e. The van der Waals surface area contributed by atoms with Gasteiger partial charge in [-0.05, 0) is 37.0 Å². The number of rotatable bonds is 1. The van der Waals surface area contributed by atoms with E-state index in [4.69, 9.17) is 0 Å². The fourth-order valence-electron chi connectivity index (χ4n) is 1.71. The van der Waals surface area contributed by atoms with Gasteiger partial charge in [-0.3, -0.25) is 0 Å². The molecule has 0 saturated heterocycles. The van der Waals surface area contributed by atoms with Crippen LogP contribution < -0.4 is 0 Å². The standard InChI is InChI=1S/C8H14/c1-8(5-6-8)7-3-2-4-7/h7H,2-6H2,1H3. The molecule has 2 fully saturated rings. The Balaban J connectivity index is 1.95. The summed E-state index contributed by atoms with van der Waals surface area (Å²) >= 11 is 0. The van der Waals surface area contributed by atoms with Crippen LogP contribution >= 0.6 is 0 Å². The summed E-state index contributed by atoms with van der Waals surface area (Å²) in [6, 6.07) is 0. The minimum absolute atomic E-state index is 0.845. The monoisotopic (exact) mass is 110 g/mol. The van der Waals surface area contributed by atoms with Gasteiger partial charge in [0.25, 0.3) is 0 Å². The van der Waals surface area contributed by atoms with Crippen LogP contribution in [0.1, 0.15) is 39.0 Å². The molecule has 0 radical (unpaired) electrons. The van der Waals surface area contributed by atoms with Gasteiger partial charge in [-0.25, -0.2) is 0 Å². The lowest BCUT2D eigenvalue weighted by atomic mass is 9.74. The van der Waals surface area contributed by atoms with E-state index >= 15 is 0 Å². The van der Waals surface area contributed by atoms with E-state index < -0.39 is 0 Å². The van der Waals surface area contributed by atoms with Gasteiger partial charge in [0.1, 0.15) is 0 Å². The van der Waals surface area contributed by atoms with Crippen LogP contribution in [0.2, 0.25) is 0 Å². The van der Waals surface area contributed by atoms with Gasteiger partial charge < -0.3 is 0 Å². The topological polar surface area (TPSA) is 0 Å². The molecule has 0 unspecified atom stereocenters. The molecule has 0 aromatic carbocycles. The second kappa shape index (κ2) is 1.29. The molecular weight excluding hydrogens is 96.1 g/mol. The molecule has 0 bridgehead atoms. The van der Waals surface area contributed by atoms with Crippen LogP contribution in [0.15, 0.2) is 0 Å². The van der Waals surface area contributed by atoms with Crippen molar-refractivity contribution >= 4 is 0 Å². The lowest BCUT2D eigenvalue weighted by Gasteiger charge is -2.31. The summed E-state index contributed by atoms with van der Waals surface area (Å²) in [6.45, 7) is 2.46. The molecule has 0 aliphatic heterocycles. The fourth-order valence-corrected chi connectivity index (χ4v) is 1.71. The van der Waals surface area contributed by atoms with Crippen LogP contribution in [0.4, 0.5) is 0 Å². The molecule has 0 heterocycles. The van der Waals surface area contributed by atoms with Crippen molar-refractivity contribution in [1.82, 2.24) is 0 Å². The quantitative estimate of drug-likeness (QED) is 0.486. The molecule has 0 aromatic rings. The summed E-state index contributed by atoms with van der Waals surface area (Å²) in [5.41, 5.74) is 0.845. The molecule has 2 rings (SSSR count). The molecule has 2 saturated carbocycles. The Morgan fingerprint density at radius 3 is 2.00 bits per heavy atom. The van der Waals surface area contributed by atoms with Gasteiger partial charge in [0.05, 0.1) is 0 Å². The Labute approximate surface area is 51.3 Å². The third-order valence-electron chi connectivity index (χ3n) is 3.13. The van der Waals surface area contributed by atoms with E-state index in [0.29, 0.717) is 0 Å². The van der Waals surface area contributed by atoms with Gasteiger partial charge in [0.2, 0.25) is 0 Å². The largest absolute Gasteiger partial charge is 0.0594 e. The summed E-state index contributed by atoms with van der Waals surface area (Å²) in [6.07, 6.45) is 7.64. The Kier molecular flexibility index (Phi) is 0.778. The van der Waals surface area contributed by atoms with E-state index in [1.165, 1.54) is 32.1 Å². The van der Waals surface area contributed by atoms with Gasteiger partial charge in [-0.15, -0.1) is 0 Å². The first-order valence-electron chi connectivity index (χ1n) is 3.81.